The summed E-state index contributed by atoms with van der Waals surface area (Å²) in [6.07, 6.45) is 1.89. The van der Waals surface area contributed by atoms with Crippen LogP contribution >= 0.6 is 22.9 Å². The molecule has 0 unspecified atom stereocenters. The summed E-state index contributed by atoms with van der Waals surface area (Å²) in [4.78, 5) is 7.83. The first kappa shape index (κ1) is 12.7. The molecule has 0 saturated heterocycles. The van der Waals surface area contributed by atoms with Gasteiger partial charge < -0.3 is 9.40 Å². The molecule has 21 heavy (non-hydrogen) atoms. The Bertz CT molecular complexity index is 921. The zero-order valence-corrected chi connectivity index (χ0v) is 12.8. The summed E-state index contributed by atoms with van der Waals surface area (Å²) in [5.41, 5.74) is 3.76. The molecule has 0 atom stereocenters. The first-order valence-electron chi connectivity index (χ1n) is 6.50. The van der Waals surface area contributed by atoms with E-state index >= 15 is 0 Å². The number of halogens is 1. The molecule has 3 heterocycles. The number of aryl methyl sites for hydroxylation is 1. The van der Waals surface area contributed by atoms with E-state index in [0.717, 1.165) is 38.7 Å². The molecule has 0 aliphatic heterocycles. The minimum Gasteiger partial charge on any atom is -0.454 e. The lowest BCUT2D eigenvalue weighted by molar-refractivity contribution is 0.627. The normalized spacial score (nSPS) is 11.3. The van der Waals surface area contributed by atoms with Crippen LogP contribution in [-0.2, 0) is 0 Å². The van der Waals surface area contributed by atoms with Gasteiger partial charge in [0, 0.05) is 33.6 Å². The van der Waals surface area contributed by atoms with E-state index in [1.807, 2.05) is 48.8 Å². The Labute approximate surface area is 130 Å². The molecule has 0 saturated carbocycles. The molecule has 0 aliphatic carbocycles. The molecule has 3 aromatic heterocycles. The number of hydrogen-bond acceptors (Lipinski definition) is 3. The number of fused-ring (bicyclic) bond motifs is 1. The molecule has 4 aromatic rings. The van der Waals surface area contributed by atoms with E-state index in [2.05, 4.69) is 9.97 Å². The van der Waals surface area contributed by atoms with Gasteiger partial charge in [0.05, 0.1) is 5.69 Å². The molecule has 0 fully saturated rings. The highest BCUT2D eigenvalue weighted by atomic mass is 35.5. The molecule has 0 amide bonds. The molecular weight excluding hydrogens is 304 g/mol. The smallest absolute Gasteiger partial charge is 0.157 e. The SMILES string of the molecule is Cc1c(-c2csc(-c3ccc[nH]3)n2)oc2cc(Cl)ccc12. The van der Waals surface area contributed by atoms with Crippen LogP contribution in [0.5, 0.6) is 0 Å². The van der Waals surface area contributed by atoms with Crippen molar-refractivity contribution >= 4 is 33.9 Å². The van der Waals surface area contributed by atoms with Crippen LogP contribution in [0.4, 0.5) is 0 Å². The molecular formula is C16H11ClN2OS. The summed E-state index contributed by atoms with van der Waals surface area (Å²) in [7, 11) is 0. The number of furan rings is 1. The number of rotatable bonds is 2. The first-order chi connectivity index (χ1) is 10.2. The molecule has 0 bridgehead atoms. The molecule has 4 rings (SSSR count). The van der Waals surface area contributed by atoms with Crippen LogP contribution in [0.25, 0.3) is 33.1 Å². The minimum absolute atomic E-state index is 0.674. The van der Waals surface area contributed by atoms with Gasteiger partial charge in [-0.25, -0.2) is 4.98 Å². The number of nitrogens with zero attached hydrogens (tertiary/aromatic N) is 1. The van der Waals surface area contributed by atoms with Gasteiger partial charge in [0.15, 0.2) is 5.76 Å². The first-order valence-corrected chi connectivity index (χ1v) is 7.76. The third-order valence-electron chi connectivity index (χ3n) is 3.47. The number of benzene rings is 1. The molecule has 1 N–H and O–H groups in total. The van der Waals surface area contributed by atoms with Gasteiger partial charge in [-0.1, -0.05) is 11.6 Å². The molecule has 0 spiro atoms. The van der Waals surface area contributed by atoms with Gasteiger partial charge in [-0.3, -0.25) is 0 Å². The number of aromatic amines is 1. The van der Waals surface area contributed by atoms with Crippen molar-refractivity contribution in [3.8, 4) is 22.2 Å². The Balaban J connectivity index is 1.85. The number of thiazole rings is 1. The molecule has 3 nitrogen and oxygen atoms in total. The van der Waals surface area contributed by atoms with Crippen LogP contribution in [0.2, 0.25) is 5.02 Å². The second-order valence-electron chi connectivity index (χ2n) is 4.82. The highest BCUT2D eigenvalue weighted by molar-refractivity contribution is 7.13. The molecule has 0 aliphatic rings. The second-order valence-corrected chi connectivity index (χ2v) is 6.11. The summed E-state index contributed by atoms with van der Waals surface area (Å²) >= 11 is 7.62. The largest absolute Gasteiger partial charge is 0.454 e. The van der Waals surface area contributed by atoms with Crippen molar-refractivity contribution in [1.29, 1.82) is 0 Å². The van der Waals surface area contributed by atoms with Gasteiger partial charge >= 0.3 is 0 Å². The van der Waals surface area contributed by atoms with Gasteiger partial charge in [0.25, 0.3) is 0 Å². The third kappa shape index (κ3) is 2.07. The molecule has 1 aromatic carbocycles. The van der Waals surface area contributed by atoms with E-state index < -0.39 is 0 Å². The van der Waals surface area contributed by atoms with Crippen LogP contribution in [0.3, 0.4) is 0 Å². The lowest BCUT2D eigenvalue weighted by Crippen LogP contribution is -1.79. The van der Waals surface area contributed by atoms with E-state index in [-0.39, 0.29) is 0 Å². The maximum absolute atomic E-state index is 6.02. The Hall–Kier alpha value is -2.04. The van der Waals surface area contributed by atoms with Crippen molar-refractivity contribution in [2.24, 2.45) is 0 Å². The van der Waals surface area contributed by atoms with Crippen molar-refractivity contribution in [2.45, 2.75) is 6.92 Å². The fourth-order valence-electron chi connectivity index (χ4n) is 2.41. The van der Waals surface area contributed by atoms with Gasteiger partial charge in [0.2, 0.25) is 0 Å². The van der Waals surface area contributed by atoms with E-state index in [9.17, 15) is 0 Å². The number of H-pyrrole nitrogens is 1. The maximum atomic E-state index is 6.02. The average Bonchev–Trinajstić information content (AvgIpc) is 3.17. The Morgan fingerprint density at radius 1 is 1.29 bits per heavy atom. The van der Waals surface area contributed by atoms with Crippen molar-refractivity contribution in [3.63, 3.8) is 0 Å². The average molecular weight is 315 g/mol. The quantitative estimate of drug-likeness (QED) is 0.530. The van der Waals surface area contributed by atoms with Crippen molar-refractivity contribution in [1.82, 2.24) is 9.97 Å². The summed E-state index contributed by atoms with van der Waals surface area (Å²) < 4.78 is 5.95. The second kappa shape index (κ2) is 4.76. The number of nitrogens with one attached hydrogen (secondary N) is 1. The monoisotopic (exact) mass is 314 g/mol. The van der Waals surface area contributed by atoms with Crippen LogP contribution < -0.4 is 0 Å². The summed E-state index contributed by atoms with van der Waals surface area (Å²) in [6.45, 7) is 2.04. The highest BCUT2D eigenvalue weighted by Crippen LogP contribution is 2.36. The standard InChI is InChI=1S/C16H11ClN2OS/c1-9-11-5-4-10(17)7-14(11)20-15(9)13-8-21-16(19-13)12-3-2-6-18-12/h2-8,18H,1H3. The Morgan fingerprint density at radius 2 is 2.19 bits per heavy atom. The summed E-state index contributed by atoms with van der Waals surface area (Å²) in [5.74, 6) is 0.807. The topological polar surface area (TPSA) is 41.8 Å². The highest BCUT2D eigenvalue weighted by Gasteiger charge is 2.16. The minimum atomic E-state index is 0.674. The maximum Gasteiger partial charge on any atom is 0.157 e. The van der Waals surface area contributed by atoms with Gasteiger partial charge in [-0.05, 0) is 31.2 Å². The number of hydrogen-bond donors (Lipinski definition) is 1. The zero-order valence-electron chi connectivity index (χ0n) is 11.2. The van der Waals surface area contributed by atoms with E-state index in [1.54, 1.807) is 11.3 Å². The summed E-state index contributed by atoms with van der Waals surface area (Å²) in [6, 6.07) is 9.67. The van der Waals surface area contributed by atoms with E-state index in [4.69, 9.17) is 16.0 Å². The van der Waals surface area contributed by atoms with Crippen LogP contribution in [0.1, 0.15) is 5.56 Å². The van der Waals surface area contributed by atoms with Crippen molar-refractivity contribution in [3.05, 3.63) is 52.5 Å². The Morgan fingerprint density at radius 3 is 3.00 bits per heavy atom. The fraction of sp³-hybridized carbons (Fsp3) is 0.0625. The van der Waals surface area contributed by atoms with Gasteiger partial charge in [-0.15, -0.1) is 11.3 Å². The van der Waals surface area contributed by atoms with Crippen LogP contribution in [0.15, 0.2) is 46.3 Å². The van der Waals surface area contributed by atoms with Crippen molar-refractivity contribution < 1.29 is 4.42 Å². The van der Waals surface area contributed by atoms with E-state index in [0.29, 0.717) is 5.02 Å². The van der Waals surface area contributed by atoms with Gasteiger partial charge in [0.1, 0.15) is 16.3 Å². The lowest BCUT2D eigenvalue weighted by atomic mass is 10.1. The molecule has 104 valence electrons. The lowest BCUT2D eigenvalue weighted by Gasteiger charge is -1.92. The van der Waals surface area contributed by atoms with E-state index in [1.165, 1.54) is 0 Å². The van der Waals surface area contributed by atoms with Crippen LogP contribution in [0, 0.1) is 6.92 Å². The van der Waals surface area contributed by atoms with Gasteiger partial charge in [-0.2, -0.15) is 0 Å². The third-order valence-corrected chi connectivity index (χ3v) is 4.58. The predicted molar refractivity (Wildman–Crippen MR) is 86.9 cm³/mol. The number of aromatic nitrogens is 2. The van der Waals surface area contributed by atoms with Crippen LogP contribution in [-0.4, -0.2) is 9.97 Å². The summed E-state index contributed by atoms with van der Waals surface area (Å²) in [5, 5.41) is 4.72. The molecule has 5 heteroatoms. The molecule has 0 radical (unpaired) electrons. The zero-order chi connectivity index (χ0) is 14.4. The fourth-order valence-corrected chi connectivity index (χ4v) is 3.36. The Kier molecular flexibility index (Phi) is 2.87. The van der Waals surface area contributed by atoms with Crippen molar-refractivity contribution in [2.75, 3.05) is 0 Å². The predicted octanol–water partition coefficient (Wildman–Crippen LogP) is 5.51.